The van der Waals surface area contributed by atoms with Crippen molar-refractivity contribution in [2.45, 2.75) is 6.92 Å². The first-order valence-corrected chi connectivity index (χ1v) is 6.20. The third kappa shape index (κ3) is 2.95. The fraction of sp³-hybridized carbons (Fsp3) is 0.0769. The number of aryl methyl sites for hydroxylation is 1. The van der Waals surface area contributed by atoms with E-state index >= 15 is 0 Å². The Morgan fingerprint density at radius 3 is 2.35 bits per heavy atom. The molecule has 0 aliphatic heterocycles. The third-order valence-corrected chi connectivity index (χ3v) is 3.05. The van der Waals surface area contributed by atoms with E-state index in [1.54, 1.807) is 6.92 Å². The Balaban J connectivity index is 2.52. The van der Waals surface area contributed by atoms with E-state index in [9.17, 15) is 15.0 Å². The Morgan fingerprint density at radius 2 is 1.90 bits per heavy atom. The number of benzene rings is 1. The first kappa shape index (κ1) is 14.4. The minimum atomic E-state index is -1.18. The van der Waals surface area contributed by atoms with E-state index in [0.717, 1.165) is 0 Å². The summed E-state index contributed by atoms with van der Waals surface area (Å²) in [6, 6.07) is 4.30. The molecular weight excluding hydrogens is 305 g/mol. The van der Waals surface area contributed by atoms with E-state index in [1.165, 1.54) is 24.3 Å². The molecule has 2 aromatic rings. The lowest BCUT2D eigenvalue weighted by atomic mass is 10.1. The fourth-order valence-corrected chi connectivity index (χ4v) is 2.07. The van der Waals surface area contributed by atoms with Crippen molar-refractivity contribution in [2.24, 2.45) is 0 Å². The number of aromatic hydroxyl groups is 1. The normalized spacial score (nSPS) is 11.7. The summed E-state index contributed by atoms with van der Waals surface area (Å²) in [5.74, 6) is -1.31. The van der Waals surface area contributed by atoms with Gasteiger partial charge in [0.25, 0.3) is 0 Å². The smallest absolute Gasteiger partial charge is 0.339 e. The molecule has 0 radical (unpaired) electrons. The molecule has 0 saturated heterocycles. The van der Waals surface area contributed by atoms with E-state index in [1.807, 2.05) is 0 Å². The summed E-state index contributed by atoms with van der Waals surface area (Å²) in [6.45, 7) is 1.68. The van der Waals surface area contributed by atoms with Crippen LogP contribution >= 0.6 is 23.2 Å². The van der Waals surface area contributed by atoms with Crippen molar-refractivity contribution >= 4 is 40.8 Å². The number of carboxylic acid groups (broad SMARTS) is 1. The molecule has 2 rings (SSSR count). The van der Waals surface area contributed by atoms with Gasteiger partial charge in [-0.05, 0) is 30.7 Å². The van der Waals surface area contributed by atoms with Crippen molar-refractivity contribution < 1.29 is 19.5 Å². The predicted octanol–water partition coefficient (Wildman–Crippen LogP) is 3.62. The highest BCUT2D eigenvalue weighted by Gasteiger charge is 2.16. The number of hydrogen-bond acceptors (Lipinski definition) is 4. The van der Waals surface area contributed by atoms with Gasteiger partial charge in [0.15, 0.2) is 11.5 Å². The van der Waals surface area contributed by atoms with Gasteiger partial charge in [0.05, 0.1) is 15.7 Å². The lowest BCUT2D eigenvalue weighted by Gasteiger charge is -2.03. The van der Waals surface area contributed by atoms with Gasteiger partial charge in [0.2, 0.25) is 0 Å². The number of nitrogens with zero attached hydrogens (tertiary/aromatic N) is 1. The van der Waals surface area contributed by atoms with Gasteiger partial charge in [-0.1, -0.05) is 28.4 Å². The monoisotopic (exact) mass is 313 g/mol. The highest BCUT2D eigenvalue weighted by Crippen LogP contribution is 2.34. The molecule has 1 heterocycles. The van der Waals surface area contributed by atoms with Gasteiger partial charge in [0.1, 0.15) is 5.57 Å². The zero-order chi connectivity index (χ0) is 14.9. The first-order chi connectivity index (χ1) is 9.38. The second kappa shape index (κ2) is 5.56. The molecule has 1 aromatic carbocycles. The van der Waals surface area contributed by atoms with E-state index < -0.39 is 5.97 Å². The van der Waals surface area contributed by atoms with Crippen LogP contribution in [0.2, 0.25) is 10.0 Å². The minimum Gasteiger partial charge on any atom is -0.505 e. The fourth-order valence-electron chi connectivity index (χ4n) is 1.56. The van der Waals surface area contributed by atoms with Gasteiger partial charge in [0, 0.05) is 6.07 Å². The number of phenolic OH excluding ortho intramolecular Hbond substituents is 1. The molecule has 0 unspecified atom stereocenters. The van der Waals surface area contributed by atoms with Crippen LogP contribution in [0.5, 0.6) is 5.75 Å². The zero-order valence-electron chi connectivity index (χ0n) is 10.2. The molecule has 0 saturated carbocycles. The molecule has 0 aliphatic carbocycles. The molecule has 0 bridgehead atoms. The Hall–Kier alpha value is -1.98. The van der Waals surface area contributed by atoms with Crippen molar-refractivity contribution in [3.63, 3.8) is 0 Å². The topological polar surface area (TPSA) is 83.6 Å². The Morgan fingerprint density at radius 1 is 1.30 bits per heavy atom. The maximum absolute atomic E-state index is 11.3. The van der Waals surface area contributed by atoms with Gasteiger partial charge in [-0.25, -0.2) is 4.79 Å². The van der Waals surface area contributed by atoms with Crippen molar-refractivity contribution in [3.05, 3.63) is 45.3 Å². The van der Waals surface area contributed by atoms with Crippen LogP contribution in [0.3, 0.4) is 0 Å². The Bertz CT molecular complexity index is 683. The SMILES string of the molecule is Cc1cc(C(=Cc2cc(Cl)c(O)c(Cl)c2)C(=O)O)on1. The molecule has 5 nitrogen and oxygen atoms in total. The van der Waals surface area contributed by atoms with E-state index in [4.69, 9.17) is 27.7 Å². The first-order valence-electron chi connectivity index (χ1n) is 5.45. The van der Waals surface area contributed by atoms with Crippen LogP contribution in [0, 0.1) is 6.92 Å². The van der Waals surface area contributed by atoms with Crippen molar-refractivity contribution in [1.29, 1.82) is 0 Å². The van der Waals surface area contributed by atoms with Crippen LogP contribution in [0.25, 0.3) is 11.6 Å². The lowest BCUT2D eigenvalue weighted by Crippen LogP contribution is -1.98. The lowest BCUT2D eigenvalue weighted by molar-refractivity contribution is -0.130. The zero-order valence-corrected chi connectivity index (χ0v) is 11.7. The third-order valence-electron chi connectivity index (χ3n) is 2.47. The van der Waals surface area contributed by atoms with Gasteiger partial charge in [-0.15, -0.1) is 0 Å². The molecule has 2 N–H and O–H groups in total. The van der Waals surface area contributed by atoms with E-state index in [2.05, 4.69) is 5.16 Å². The van der Waals surface area contributed by atoms with E-state index in [-0.39, 0.29) is 27.1 Å². The van der Waals surface area contributed by atoms with Gasteiger partial charge in [-0.3, -0.25) is 0 Å². The number of rotatable bonds is 3. The van der Waals surface area contributed by atoms with Gasteiger partial charge in [-0.2, -0.15) is 0 Å². The molecule has 0 aliphatic rings. The molecule has 0 fully saturated rings. The summed E-state index contributed by atoms with van der Waals surface area (Å²) >= 11 is 11.6. The van der Waals surface area contributed by atoms with Crippen molar-refractivity contribution in [2.75, 3.05) is 0 Å². The molecule has 0 spiro atoms. The van der Waals surface area contributed by atoms with Gasteiger partial charge >= 0.3 is 5.97 Å². The second-order valence-electron chi connectivity index (χ2n) is 4.03. The average Bonchev–Trinajstić information content (AvgIpc) is 2.79. The van der Waals surface area contributed by atoms with Crippen LogP contribution in [0.4, 0.5) is 0 Å². The molecule has 0 amide bonds. The standard InChI is InChI=1S/C13H9Cl2NO4/c1-6-2-11(20-16-6)8(13(18)19)3-7-4-9(14)12(17)10(15)5-7/h2-5,17H,1H3,(H,18,19). The number of carbonyl (C=O) groups is 1. The maximum Gasteiger partial charge on any atom is 0.339 e. The predicted molar refractivity (Wildman–Crippen MR) is 74.9 cm³/mol. The molecular formula is C13H9Cl2NO4. The van der Waals surface area contributed by atoms with Gasteiger partial charge < -0.3 is 14.7 Å². The molecule has 1 aromatic heterocycles. The molecule has 7 heteroatoms. The second-order valence-corrected chi connectivity index (χ2v) is 4.84. The van der Waals surface area contributed by atoms with Crippen molar-refractivity contribution in [1.82, 2.24) is 5.16 Å². The number of carboxylic acids is 1. The molecule has 20 heavy (non-hydrogen) atoms. The van der Waals surface area contributed by atoms with E-state index in [0.29, 0.717) is 11.3 Å². The highest BCUT2D eigenvalue weighted by molar-refractivity contribution is 6.37. The molecule has 104 valence electrons. The summed E-state index contributed by atoms with van der Waals surface area (Å²) < 4.78 is 4.93. The summed E-state index contributed by atoms with van der Waals surface area (Å²) in [5, 5.41) is 22.4. The summed E-state index contributed by atoms with van der Waals surface area (Å²) in [4.78, 5) is 11.3. The van der Waals surface area contributed by atoms with Crippen LogP contribution in [-0.2, 0) is 4.79 Å². The molecule has 0 atom stereocenters. The number of halogens is 2. The number of phenols is 1. The van der Waals surface area contributed by atoms with Crippen molar-refractivity contribution in [3.8, 4) is 5.75 Å². The number of hydrogen-bond donors (Lipinski definition) is 2. The quantitative estimate of drug-likeness (QED) is 0.845. The Labute approximate surface area is 124 Å². The van der Waals surface area contributed by atoms with Crippen LogP contribution < -0.4 is 0 Å². The van der Waals surface area contributed by atoms with Crippen LogP contribution in [-0.4, -0.2) is 21.3 Å². The largest absolute Gasteiger partial charge is 0.505 e. The average molecular weight is 314 g/mol. The minimum absolute atomic E-state index is 0.0299. The Kier molecular flexibility index (Phi) is 4.01. The highest BCUT2D eigenvalue weighted by atomic mass is 35.5. The number of aliphatic carboxylic acids is 1. The summed E-state index contributed by atoms with van der Waals surface area (Å²) in [5.41, 5.74) is 0.890. The summed E-state index contributed by atoms with van der Waals surface area (Å²) in [6.07, 6.45) is 1.33. The number of aromatic nitrogens is 1. The van der Waals surface area contributed by atoms with Crippen LogP contribution in [0.1, 0.15) is 17.0 Å². The maximum atomic E-state index is 11.3. The summed E-state index contributed by atoms with van der Waals surface area (Å²) in [7, 11) is 0. The van der Waals surface area contributed by atoms with Crippen LogP contribution in [0.15, 0.2) is 22.7 Å².